The van der Waals surface area contributed by atoms with Gasteiger partial charge in [0.15, 0.2) is 5.96 Å². The highest BCUT2D eigenvalue weighted by Crippen LogP contribution is 2.26. The molecule has 0 bridgehead atoms. The van der Waals surface area contributed by atoms with E-state index in [-0.39, 0.29) is 12.3 Å². The quantitative estimate of drug-likeness (QED) is 0.462. The molecule has 1 fully saturated rings. The van der Waals surface area contributed by atoms with Crippen LogP contribution in [0.25, 0.3) is 0 Å². The molecule has 0 saturated carbocycles. The van der Waals surface area contributed by atoms with Gasteiger partial charge in [-0.2, -0.15) is 0 Å². The van der Waals surface area contributed by atoms with Crippen molar-refractivity contribution in [2.75, 3.05) is 45.9 Å². The lowest BCUT2D eigenvalue weighted by Gasteiger charge is -2.26. The third kappa shape index (κ3) is 8.50. The summed E-state index contributed by atoms with van der Waals surface area (Å²) in [6.45, 7) is 5.27. The summed E-state index contributed by atoms with van der Waals surface area (Å²) >= 11 is 0. The van der Waals surface area contributed by atoms with E-state index in [2.05, 4.69) is 25.3 Å². The van der Waals surface area contributed by atoms with Gasteiger partial charge in [-0.15, -0.1) is 13.2 Å². The lowest BCUT2D eigenvalue weighted by atomic mass is 10.2. The monoisotopic (exact) mass is 440 g/mol. The number of halogens is 3. The first kappa shape index (κ1) is 23.0. The van der Waals surface area contributed by atoms with Crippen LogP contribution in [0.1, 0.15) is 11.3 Å². The van der Waals surface area contributed by atoms with Crippen molar-refractivity contribution in [2.24, 2.45) is 4.99 Å². The average Bonchev–Trinajstić information content (AvgIpc) is 3.26. The first-order valence-electron chi connectivity index (χ1n) is 10.2. The van der Waals surface area contributed by atoms with Crippen LogP contribution in [0, 0.1) is 0 Å². The van der Waals surface area contributed by atoms with E-state index in [0.29, 0.717) is 31.0 Å². The number of alkyl halides is 3. The molecule has 2 heterocycles. The molecule has 1 aliphatic rings. The molecule has 0 radical (unpaired) electrons. The molecular formula is C21H27F3N4O3. The third-order valence-corrected chi connectivity index (χ3v) is 4.67. The van der Waals surface area contributed by atoms with E-state index >= 15 is 0 Å². The van der Waals surface area contributed by atoms with E-state index in [9.17, 15) is 13.2 Å². The van der Waals surface area contributed by atoms with Gasteiger partial charge in [0.05, 0.1) is 26.0 Å². The van der Waals surface area contributed by atoms with Crippen molar-refractivity contribution < 1.29 is 27.1 Å². The molecule has 0 unspecified atom stereocenters. The van der Waals surface area contributed by atoms with Gasteiger partial charge >= 0.3 is 6.36 Å². The summed E-state index contributed by atoms with van der Waals surface area (Å²) in [5.74, 6) is 1.10. The van der Waals surface area contributed by atoms with E-state index in [1.165, 1.54) is 12.1 Å². The number of hydrogen-bond donors (Lipinski definition) is 2. The van der Waals surface area contributed by atoms with Crippen molar-refractivity contribution in [1.82, 2.24) is 15.5 Å². The Morgan fingerprint density at radius 3 is 2.58 bits per heavy atom. The topological polar surface area (TPSA) is 71.3 Å². The van der Waals surface area contributed by atoms with Gasteiger partial charge in [-0.25, -0.2) is 4.99 Å². The molecule has 1 aromatic heterocycles. The molecule has 0 spiro atoms. The van der Waals surface area contributed by atoms with Crippen molar-refractivity contribution >= 4 is 5.96 Å². The number of furan rings is 1. The smallest absolute Gasteiger partial charge is 0.469 e. The zero-order chi connectivity index (χ0) is 21.9. The molecule has 2 aromatic rings. The van der Waals surface area contributed by atoms with Gasteiger partial charge in [0.1, 0.15) is 11.5 Å². The second-order valence-corrected chi connectivity index (χ2v) is 6.96. The summed E-state index contributed by atoms with van der Waals surface area (Å²) in [5, 5.41) is 6.45. The second-order valence-electron chi connectivity index (χ2n) is 6.96. The number of nitrogens with zero attached hydrogens (tertiary/aromatic N) is 2. The molecule has 10 heteroatoms. The van der Waals surface area contributed by atoms with E-state index in [1.807, 2.05) is 12.1 Å². The normalized spacial score (nSPS) is 15.6. The highest BCUT2D eigenvalue weighted by Gasteiger charge is 2.31. The van der Waals surface area contributed by atoms with Crippen LogP contribution in [-0.4, -0.2) is 63.2 Å². The van der Waals surface area contributed by atoms with Gasteiger partial charge in [-0.1, -0.05) is 18.2 Å². The number of para-hydroxylation sites is 1. The van der Waals surface area contributed by atoms with Crippen LogP contribution in [0.3, 0.4) is 0 Å². The molecule has 3 rings (SSSR count). The van der Waals surface area contributed by atoms with Crippen molar-refractivity contribution in [3.63, 3.8) is 0 Å². The summed E-state index contributed by atoms with van der Waals surface area (Å²) in [5.41, 5.74) is 0.347. The fraction of sp³-hybridized carbons (Fsp3) is 0.476. The largest absolute Gasteiger partial charge is 0.573 e. The summed E-state index contributed by atoms with van der Waals surface area (Å²) in [6.07, 6.45) is -2.48. The maximum Gasteiger partial charge on any atom is 0.573 e. The molecule has 0 aliphatic carbocycles. The predicted octanol–water partition coefficient (Wildman–Crippen LogP) is 2.79. The predicted molar refractivity (Wildman–Crippen MR) is 110 cm³/mol. The minimum atomic E-state index is -4.75. The number of benzene rings is 1. The number of nitrogens with one attached hydrogen (secondary N) is 2. The first-order valence-corrected chi connectivity index (χ1v) is 10.2. The van der Waals surface area contributed by atoms with Crippen LogP contribution in [0.15, 0.2) is 52.1 Å². The van der Waals surface area contributed by atoms with Gasteiger partial charge in [0.25, 0.3) is 0 Å². The first-order chi connectivity index (χ1) is 15.0. The second kappa shape index (κ2) is 11.6. The van der Waals surface area contributed by atoms with Crippen molar-refractivity contribution in [3.8, 4) is 5.75 Å². The van der Waals surface area contributed by atoms with Crippen molar-refractivity contribution in [2.45, 2.75) is 19.3 Å². The van der Waals surface area contributed by atoms with E-state index in [0.717, 1.165) is 38.6 Å². The molecule has 0 amide bonds. The average molecular weight is 440 g/mol. The molecule has 170 valence electrons. The van der Waals surface area contributed by atoms with Crippen LogP contribution in [0.5, 0.6) is 5.75 Å². The van der Waals surface area contributed by atoms with Gasteiger partial charge in [-0.05, 0) is 18.2 Å². The Morgan fingerprint density at radius 2 is 1.84 bits per heavy atom. The molecule has 1 saturated heterocycles. The van der Waals surface area contributed by atoms with E-state index in [4.69, 9.17) is 9.15 Å². The SMILES string of the molecule is FC(F)(F)Oc1ccccc1CN=C(NCCc1ccco1)NCCN1CCOCC1. The number of hydrogen-bond acceptors (Lipinski definition) is 5. The molecule has 1 aliphatic heterocycles. The Labute approximate surface area is 179 Å². The fourth-order valence-electron chi connectivity index (χ4n) is 3.11. The van der Waals surface area contributed by atoms with E-state index < -0.39 is 6.36 Å². The Balaban J connectivity index is 1.59. The Morgan fingerprint density at radius 1 is 1.06 bits per heavy atom. The maximum atomic E-state index is 12.7. The fourth-order valence-corrected chi connectivity index (χ4v) is 3.11. The lowest BCUT2D eigenvalue weighted by molar-refractivity contribution is -0.274. The third-order valence-electron chi connectivity index (χ3n) is 4.67. The number of aliphatic imine (C=N–C) groups is 1. The van der Waals surface area contributed by atoms with Gasteiger partial charge < -0.3 is 24.5 Å². The molecule has 1 aromatic carbocycles. The molecular weight excluding hydrogens is 413 g/mol. The Hall–Kier alpha value is -2.72. The number of rotatable bonds is 9. The number of morpholine rings is 1. The molecule has 2 N–H and O–H groups in total. The summed E-state index contributed by atoms with van der Waals surface area (Å²) in [7, 11) is 0. The van der Waals surface area contributed by atoms with Crippen LogP contribution in [0.2, 0.25) is 0 Å². The van der Waals surface area contributed by atoms with Gasteiger partial charge in [0.2, 0.25) is 0 Å². The highest BCUT2D eigenvalue weighted by atomic mass is 19.4. The lowest BCUT2D eigenvalue weighted by Crippen LogP contribution is -2.44. The zero-order valence-electron chi connectivity index (χ0n) is 17.2. The molecule has 7 nitrogen and oxygen atoms in total. The van der Waals surface area contributed by atoms with E-state index in [1.54, 1.807) is 18.4 Å². The van der Waals surface area contributed by atoms with Crippen molar-refractivity contribution in [1.29, 1.82) is 0 Å². The summed E-state index contributed by atoms with van der Waals surface area (Å²) in [4.78, 5) is 6.74. The van der Waals surface area contributed by atoms with Gasteiger partial charge in [0, 0.05) is 44.7 Å². The van der Waals surface area contributed by atoms with Crippen LogP contribution in [-0.2, 0) is 17.7 Å². The summed E-state index contributed by atoms with van der Waals surface area (Å²) in [6, 6.07) is 9.71. The highest BCUT2D eigenvalue weighted by molar-refractivity contribution is 5.79. The maximum absolute atomic E-state index is 12.7. The Bertz CT molecular complexity index is 806. The van der Waals surface area contributed by atoms with Crippen molar-refractivity contribution in [3.05, 3.63) is 54.0 Å². The minimum Gasteiger partial charge on any atom is -0.469 e. The minimum absolute atomic E-state index is 0.0416. The van der Waals surface area contributed by atoms with Crippen LogP contribution < -0.4 is 15.4 Å². The van der Waals surface area contributed by atoms with Crippen LogP contribution in [0.4, 0.5) is 13.2 Å². The number of guanidine groups is 1. The molecule has 0 atom stereocenters. The Kier molecular flexibility index (Phi) is 8.60. The molecule has 31 heavy (non-hydrogen) atoms. The summed E-state index contributed by atoms with van der Waals surface area (Å²) < 4.78 is 52.8. The van der Waals surface area contributed by atoms with Crippen LogP contribution >= 0.6 is 0 Å². The van der Waals surface area contributed by atoms with Gasteiger partial charge in [-0.3, -0.25) is 4.90 Å². The zero-order valence-corrected chi connectivity index (χ0v) is 17.2. The standard InChI is InChI=1S/C21H27F3N4O3/c22-21(23,24)31-19-6-2-1-4-17(19)16-27-20(25-8-7-18-5-3-13-30-18)26-9-10-28-11-14-29-15-12-28/h1-6,13H,7-12,14-16H2,(H2,25,26,27). The number of ether oxygens (including phenoxy) is 2.